The molecule has 1 unspecified atom stereocenters. The van der Waals surface area contributed by atoms with Crippen LogP contribution in [0.25, 0.3) is 0 Å². The van der Waals surface area contributed by atoms with Gasteiger partial charge in [0, 0.05) is 12.1 Å². The summed E-state index contributed by atoms with van der Waals surface area (Å²) in [5, 5.41) is 10.3. The minimum Gasteiger partial charge on any atom is -0.507 e. The van der Waals surface area contributed by atoms with Gasteiger partial charge in [-0.3, -0.25) is 0 Å². The van der Waals surface area contributed by atoms with Crippen molar-refractivity contribution in [1.82, 2.24) is 4.90 Å². The number of benzene rings is 1. The number of rotatable bonds is 5. The van der Waals surface area contributed by atoms with Gasteiger partial charge in [-0.15, -0.1) is 0 Å². The maximum atomic E-state index is 10.3. The molecule has 1 aromatic rings. The number of aryl methyl sites for hydroxylation is 1. The molecule has 3 heteroatoms. The summed E-state index contributed by atoms with van der Waals surface area (Å²) in [5.74, 6) is 0.751. The van der Waals surface area contributed by atoms with Crippen molar-refractivity contribution in [3.05, 3.63) is 28.8 Å². The normalized spacial score (nSPS) is 13.1. The van der Waals surface area contributed by atoms with Gasteiger partial charge in [-0.25, -0.2) is 0 Å². The Morgan fingerprint density at radius 3 is 2.53 bits per heavy atom. The Kier molecular flexibility index (Phi) is 4.97. The lowest BCUT2D eigenvalue weighted by Crippen LogP contribution is -2.13. The van der Waals surface area contributed by atoms with E-state index in [2.05, 4.69) is 17.9 Å². The van der Waals surface area contributed by atoms with Gasteiger partial charge in [0.25, 0.3) is 0 Å². The first-order valence-electron chi connectivity index (χ1n) is 6.13. The van der Waals surface area contributed by atoms with E-state index in [0.29, 0.717) is 18.2 Å². The fourth-order valence-corrected chi connectivity index (χ4v) is 2.07. The molecule has 1 rings (SSSR count). The van der Waals surface area contributed by atoms with Crippen molar-refractivity contribution in [2.45, 2.75) is 32.7 Å². The van der Waals surface area contributed by atoms with Gasteiger partial charge in [-0.1, -0.05) is 19.1 Å². The summed E-state index contributed by atoms with van der Waals surface area (Å²) in [4.78, 5) is 2.07. The van der Waals surface area contributed by atoms with Crippen molar-refractivity contribution in [2.24, 2.45) is 5.73 Å². The van der Waals surface area contributed by atoms with Crippen molar-refractivity contribution in [3.63, 3.8) is 0 Å². The highest BCUT2D eigenvalue weighted by atomic mass is 16.3. The molecule has 0 spiro atoms. The number of aromatic hydroxyl groups is 1. The first-order valence-corrected chi connectivity index (χ1v) is 6.13. The molecular formula is C14H24N2O. The summed E-state index contributed by atoms with van der Waals surface area (Å²) >= 11 is 0. The maximum absolute atomic E-state index is 10.3. The summed E-state index contributed by atoms with van der Waals surface area (Å²) in [6.45, 7) is 5.56. The van der Waals surface area contributed by atoms with Crippen molar-refractivity contribution in [1.29, 1.82) is 0 Å². The monoisotopic (exact) mass is 236 g/mol. The van der Waals surface area contributed by atoms with E-state index in [0.717, 1.165) is 29.7 Å². The van der Waals surface area contributed by atoms with Gasteiger partial charge >= 0.3 is 0 Å². The van der Waals surface area contributed by atoms with E-state index in [-0.39, 0.29) is 0 Å². The van der Waals surface area contributed by atoms with Gasteiger partial charge in [0.05, 0.1) is 0 Å². The summed E-state index contributed by atoms with van der Waals surface area (Å²) in [5.41, 5.74) is 8.75. The molecule has 0 saturated carbocycles. The minimum atomic E-state index is 0.307. The third-order valence-electron chi connectivity index (χ3n) is 3.15. The largest absolute Gasteiger partial charge is 0.507 e. The first kappa shape index (κ1) is 14.0. The van der Waals surface area contributed by atoms with E-state index in [1.165, 1.54) is 0 Å². The minimum absolute atomic E-state index is 0.307. The number of phenols is 1. The van der Waals surface area contributed by atoms with Crippen molar-refractivity contribution < 1.29 is 5.11 Å². The molecule has 1 aromatic carbocycles. The Morgan fingerprint density at radius 2 is 2.00 bits per heavy atom. The van der Waals surface area contributed by atoms with Crippen LogP contribution in [0.5, 0.6) is 5.75 Å². The van der Waals surface area contributed by atoms with Crippen LogP contribution >= 0.6 is 0 Å². The maximum Gasteiger partial charge on any atom is 0.123 e. The zero-order chi connectivity index (χ0) is 13.0. The van der Waals surface area contributed by atoms with Crippen LogP contribution in [0, 0.1) is 6.92 Å². The molecule has 96 valence electrons. The van der Waals surface area contributed by atoms with Gasteiger partial charge in [0.1, 0.15) is 5.75 Å². The lowest BCUT2D eigenvalue weighted by molar-refractivity contribution is 0.381. The second-order valence-electron chi connectivity index (χ2n) is 5.02. The van der Waals surface area contributed by atoms with Crippen LogP contribution in [-0.2, 0) is 6.54 Å². The second kappa shape index (κ2) is 6.03. The van der Waals surface area contributed by atoms with Gasteiger partial charge in [0.15, 0.2) is 0 Å². The quantitative estimate of drug-likeness (QED) is 0.824. The summed E-state index contributed by atoms with van der Waals surface area (Å²) in [6, 6.07) is 4.10. The van der Waals surface area contributed by atoms with E-state index < -0.39 is 0 Å². The molecular weight excluding hydrogens is 212 g/mol. The smallest absolute Gasteiger partial charge is 0.123 e. The predicted molar refractivity (Wildman–Crippen MR) is 72.3 cm³/mol. The second-order valence-corrected chi connectivity index (χ2v) is 5.02. The highest BCUT2D eigenvalue weighted by Gasteiger charge is 2.15. The lowest BCUT2D eigenvalue weighted by atomic mass is 9.92. The summed E-state index contributed by atoms with van der Waals surface area (Å²) in [7, 11) is 4.02. The summed E-state index contributed by atoms with van der Waals surface area (Å²) < 4.78 is 0. The van der Waals surface area contributed by atoms with Crippen molar-refractivity contribution >= 4 is 0 Å². The fourth-order valence-electron chi connectivity index (χ4n) is 2.07. The number of nitrogens with zero attached hydrogens (tertiary/aromatic N) is 1. The highest BCUT2D eigenvalue weighted by molar-refractivity contribution is 5.46. The molecule has 0 aliphatic rings. The van der Waals surface area contributed by atoms with Crippen molar-refractivity contribution in [2.75, 3.05) is 20.6 Å². The third kappa shape index (κ3) is 3.45. The van der Waals surface area contributed by atoms with E-state index in [4.69, 9.17) is 5.73 Å². The Labute approximate surface area is 104 Å². The third-order valence-corrected chi connectivity index (χ3v) is 3.15. The number of hydrogen-bond acceptors (Lipinski definition) is 3. The molecule has 0 radical (unpaired) electrons. The topological polar surface area (TPSA) is 49.5 Å². The molecule has 0 amide bonds. The Morgan fingerprint density at radius 1 is 1.35 bits per heavy atom. The Hall–Kier alpha value is -1.06. The molecule has 3 nitrogen and oxygen atoms in total. The molecule has 1 atom stereocenters. The van der Waals surface area contributed by atoms with E-state index in [1.807, 2.05) is 27.1 Å². The Balaban J connectivity index is 3.09. The van der Waals surface area contributed by atoms with E-state index >= 15 is 0 Å². The zero-order valence-electron chi connectivity index (χ0n) is 11.3. The average Bonchev–Trinajstić information content (AvgIpc) is 2.24. The predicted octanol–water partition coefficient (Wildman–Crippen LogP) is 2.21. The standard InChI is InChI=1S/C14H24N2O/c1-10-5-6-12(11(2)7-8-15)14(17)13(10)9-16(3)4/h5-6,11,17H,7-9,15H2,1-4H3. The molecule has 0 aliphatic carbocycles. The molecule has 17 heavy (non-hydrogen) atoms. The molecule has 0 heterocycles. The number of hydrogen-bond donors (Lipinski definition) is 2. The molecule has 3 N–H and O–H groups in total. The molecule has 0 saturated heterocycles. The van der Waals surface area contributed by atoms with E-state index in [9.17, 15) is 5.11 Å². The number of phenolic OH excluding ortho intramolecular Hbond substituents is 1. The molecule has 0 aliphatic heterocycles. The summed E-state index contributed by atoms with van der Waals surface area (Å²) in [6.07, 6.45) is 0.901. The lowest BCUT2D eigenvalue weighted by Gasteiger charge is -2.19. The molecule has 0 fully saturated rings. The van der Waals surface area contributed by atoms with Crippen LogP contribution in [0.15, 0.2) is 12.1 Å². The first-order chi connectivity index (χ1) is 7.97. The van der Waals surface area contributed by atoms with E-state index in [1.54, 1.807) is 0 Å². The van der Waals surface area contributed by atoms with Gasteiger partial charge in [0.2, 0.25) is 0 Å². The van der Waals surface area contributed by atoms with Crippen LogP contribution in [0.2, 0.25) is 0 Å². The van der Waals surface area contributed by atoms with Gasteiger partial charge in [-0.05, 0) is 51.0 Å². The van der Waals surface area contributed by atoms with Gasteiger partial charge in [-0.2, -0.15) is 0 Å². The number of nitrogens with two attached hydrogens (primary N) is 1. The Bertz CT molecular complexity index is 375. The SMILES string of the molecule is Cc1ccc(C(C)CCN)c(O)c1CN(C)C. The van der Waals surface area contributed by atoms with Gasteiger partial charge < -0.3 is 15.7 Å². The average molecular weight is 236 g/mol. The van der Waals surface area contributed by atoms with Crippen molar-refractivity contribution in [3.8, 4) is 5.75 Å². The molecule has 0 bridgehead atoms. The molecule has 0 aromatic heterocycles. The fraction of sp³-hybridized carbons (Fsp3) is 0.571. The van der Waals surface area contributed by atoms with Crippen LogP contribution in [0.3, 0.4) is 0 Å². The van der Waals surface area contributed by atoms with Crippen LogP contribution in [0.4, 0.5) is 0 Å². The zero-order valence-corrected chi connectivity index (χ0v) is 11.3. The van der Waals surface area contributed by atoms with Crippen LogP contribution in [-0.4, -0.2) is 30.6 Å². The van der Waals surface area contributed by atoms with Crippen LogP contribution < -0.4 is 5.73 Å². The van der Waals surface area contributed by atoms with Crippen LogP contribution in [0.1, 0.15) is 36.0 Å². The highest BCUT2D eigenvalue weighted by Crippen LogP contribution is 2.33.